The standard InChI is InChI=1S/C15H19N3S/c1-11-2-5-17-9-13(11)14(8-16)18-6-3-15-12(10-18)4-7-19-15/h2,4-5,7,9,14H,3,6,8,10,16H2,1H3. The van der Waals surface area contributed by atoms with E-state index in [-0.39, 0.29) is 6.04 Å². The summed E-state index contributed by atoms with van der Waals surface area (Å²) in [7, 11) is 0. The molecule has 0 amide bonds. The zero-order valence-corrected chi connectivity index (χ0v) is 12.0. The number of aryl methyl sites for hydroxylation is 1. The molecular formula is C15H19N3S. The summed E-state index contributed by atoms with van der Waals surface area (Å²) in [5.74, 6) is 0. The molecule has 4 heteroatoms. The minimum Gasteiger partial charge on any atom is -0.329 e. The van der Waals surface area contributed by atoms with E-state index in [1.165, 1.54) is 21.6 Å². The maximum Gasteiger partial charge on any atom is 0.0492 e. The average Bonchev–Trinajstić information content (AvgIpc) is 2.89. The number of pyridine rings is 1. The fraction of sp³-hybridized carbons (Fsp3) is 0.400. The molecule has 0 bridgehead atoms. The normalized spacial score (nSPS) is 17.2. The molecule has 1 aliphatic heterocycles. The Morgan fingerprint density at radius 3 is 3.16 bits per heavy atom. The van der Waals surface area contributed by atoms with Gasteiger partial charge in [0.1, 0.15) is 0 Å². The van der Waals surface area contributed by atoms with E-state index < -0.39 is 0 Å². The van der Waals surface area contributed by atoms with Crippen molar-refractivity contribution in [1.82, 2.24) is 9.88 Å². The first kappa shape index (κ1) is 12.8. The fourth-order valence-electron chi connectivity index (χ4n) is 2.83. The van der Waals surface area contributed by atoms with Gasteiger partial charge in [-0.25, -0.2) is 0 Å². The molecule has 100 valence electrons. The zero-order valence-electron chi connectivity index (χ0n) is 11.2. The molecule has 0 fully saturated rings. The van der Waals surface area contributed by atoms with Gasteiger partial charge in [-0.05, 0) is 47.5 Å². The highest BCUT2D eigenvalue weighted by Crippen LogP contribution is 2.30. The van der Waals surface area contributed by atoms with Crippen LogP contribution in [-0.4, -0.2) is 23.0 Å². The Morgan fingerprint density at radius 1 is 1.47 bits per heavy atom. The molecule has 0 aromatic carbocycles. The van der Waals surface area contributed by atoms with Gasteiger partial charge in [-0.3, -0.25) is 9.88 Å². The van der Waals surface area contributed by atoms with Gasteiger partial charge in [-0.1, -0.05) is 0 Å². The van der Waals surface area contributed by atoms with E-state index in [0.29, 0.717) is 6.54 Å². The van der Waals surface area contributed by atoms with Gasteiger partial charge in [0.15, 0.2) is 0 Å². The Kier molecular flexibility index (Phi) is 3.64. The second-order valence-corrected chi connectivity index (χ2v) is 6.07. The second-order valence-electron chi connectivity index (χ2n) is 5.07. The molecule has 3 nitrogen and oxygen atoms in total. The third-order valence-electron chi connectivity index (χ3n) is 3.94. The first-order valence-corrected chi connectivity index (χ1v) is 7.57. The van der Waals surface area contributed by atoms with Gasteiger partial charge in [0.2, 0.25) is 0 Å². The van der Waals surface area contributed by atoms with E-state index in [1.54, 1.807) is 0 Å². The molecule has 0 saturated heterocycles. The molecule has 2 N–H and O–H groups in total. The number of thiophene rings is 1. The number of nitrogens with zero attached hydrogens (tertiary/aromatic N) is 2. The predicted octanol–water partition coefficient (Wildman–Crippen LogP) is 2.51. The van der Waals surface area contributed by atoms with Crippen molar-refractivity contribution in [2.24, 2.45) is 5.73 Å². The number of hydrogen-bond donors (Lipinski definition) is 1. The summed E-state index contributed by atoms with van der Waals surface area (Å²) in [5, 5.41) is 2.20. The molecule has 0 radical (unpaired) electrons. The van der Waals surface area contributed by atoms with Crippen molar-refractivity contribution in [3.63, 3.8) is 0 Å². The van der Waals surface area contributed by atoms with Crippen LogP contribution in [0, 0.1) is 6.92 Å². The lowest BCUT2D eigenvalue weighted by Crippen LogP contribution is -2.37. The molecule has 2 aromatic heterocycles. The van der Waals surface area contributed by atoms with Crippen LogP contribution in [0.1, 0.15) is 27.6 Å². The Balaban J connectivity index is 1.86. The van der Waals surface area contributed by atoms with Crippen LogP contribution in [0.2, 0.25) is 0 Å². The fourth-order valence-corrected chi connectivity index (χ4v) is 3.72. The topological polar surface area (TPSA) is 42.1 Å². The maximum atomic E-state index is 6.03. The third-order valence-corrected chi connectivity index (χ3v) is 4.96. The third kappa shape index (κ3) is 2.43. The highest BCUT2D eigenvalue weighted by Gasteiger charge is 2.25. The van der Waals surface area contributed by atoms with Crippen molar-refractivity contribution in [3.8, 4) is 0 Å². The van der Waals surface area contributed by atoms with Gasteiger partial charge in [0.05, 0.1) is 0 Å². The van der Waals surface area contributed by atoms with E-state index in [0.717, 1.165) is 19.5 Å². The minimum atomic E-state index is 0.279. The van der Waals surface area contributed by atoms with E-state index in [2.05, 4.69) is 34.3 Å². The molecule has 2 aromatic rings. The van der Waals surface area contributed by atoms with Gasteiger partial charge in [-0.2, -0.15) is 0 Å². The lowest BCUT2D eigenvalue weighted by Gasteiger charge is -2.34. The summed E-state index contributed by atoms with van der Waals surface area (Å²) >= 11 is 1.88. The molecular weight excluding hydrogens is 254 g/mol. The summed E-state index contributed by atoms with van der Waals surface area (Å²) in [6.07, 6.45) is 4.96. The molecule has 19 heavy (non-hydrogen) atoms. The van der Waals surface area contributed by atoms with Crippen molar-refractivity contribution in [1.29, 1.82) is 0 Å². The Bertz CT molecular complexity index is 564. The van der Waals surface area contributed by atoms with Crippen LogP contribution in [-0.2, 0) is 13.0 Å². The van der Waals surface area contributed by atoms with Crippen molar-refractivity contribution < 1.29 is 0 Å². The average molecular weight is 273 g/mol. The molecule has 3 rings (SSSR count). The minimum absolute atomic E-state index is 0.279. The second kappa shape index (κ2) is 5.41. The first-order chi connectivity index (χ1) is 9.29. The molecule has 0 saturated carbocycles. The summed E-state index contributed by atoms with van der Waals surface area (Å²) in [5.41, 5.74) is 10.0. The van der Waals surface area contributed by atoms with Crippen molar-refractivity contribution in [2.75, 3.05) is 13.1 Å². The van der Waals surface area contributed by atoms with Crippen LogP contribution in [0.5, 0.6) is 0 Å². The smallest absolute Gasteiger partial charge is 0.0492 e. The molecule has 3 heterocycles. The molecule has 1 aliphatic rings. The van der Waals surface area contributed by atoms with Crippen LogP contribution in [0.4, 0.5) is 0 Å². The van der Waals surface area contributed by atoms with Crippen molar-refractivity contribution in [2.45, 2.75) is 25.9 Å². The van der Waals surface area contributed by atoms with Crippen LogP contribution in [0.15, 0.2) is 29.9 Å². The Hall–Kier alpha value is -1.23. The van der Waals surface area contributed by atoms with Crippen LogP contribution in [0.25, 0.3) is 0 Å². The molecule has 1 unspecified atom stereocenters. The number of fused-ring (bicyclic) bond motifs is 1. The summed E-state index contributed by atoms with van der Waals surface area (Å²) in [4.78, 5) is 8.29. The monoisotopic (exact) mass is 273 g/mol. The first-order valence-electron chi connectivity index (χ1n) is 6.69. The number of hydrogen-bond acceptors (Lipinski definition) is 4. The number of rotatable bonds is 3. The summed E-state index contributed by atoms with van der Waals surface area (Å²) < 4.78 is 0. The van der Waals surface area contributed by atoms with Crippen molar-refractivity contribution in [3.05, 3.63) is 51.5 Å². The van der Waals surface area contributed by atoms with Gasteiger partial charge >= 0.3 is 0 Å². The van der Waals surface area contributed by atoms with Crippen LogP contribution in [0.3, 0.4) is 0 Å². The van der Waals surface area contributed by atoms with E-state index in [1.807, 2.05) is 23.7 Å². The van der Waals surface area contributed by atoms with Gasteiger partial charge in [0, 0.05) is 42.9 Å². The van der Waals surface area contributed by atoms with Crippen LogP contribution >= 0.6 is 11.3 Å². The molecule has 1 atom stereocenters. The lowest BCUT2D eigenvalue weighted by atomic mass is 9.99. The number of nitrogens with two attached hydrogens (primary N) is 1. The highest BCUT2D eigenvalue weighted by atomic mass is 32.1. The van der Waals surface area contributed by atoms with E-state index >= 15 is 0 Å². The quantitative estimate of drug-likeness (QED) is 0.934. The van der Waals surface area contributed by atoms with Gasteiger partial charge < -0.3 is 5.73 Å². The van der Waals surface area contributed by atoms with Gasteiger partial charge in [-0.15, -0.1) is 11.3 Å². The summed E-state index contributed by atoms with van der Waals surface area (Å²) in [6.45, 7) is 4.88. The zero-order chi connectivity index (χ0) is 13.2. The van der Waals surface area contributed by atoms with E-state index in [4.69, 9.17) is 5.73 Å². The molecule has 0 spiro atoms. The van der Waals surface area contributed by atoms with Crippen molar-refractivity contribution >= 4 is 11.3 Å². The number of aromatic nitrogens is 1. The Labute approximate surface area is 118 Å². The highest BCUT2D eigenvalue weighted by molar-refractivity contribution is 7.10. The molecule has 0 aliphatic carbocycles. The Morgan fingerprint density at radius 2 is 2.37 bits per heavy atom. The van der Waals surface area contributed by atoms with E-state index in [9.17, 15) is 0 Å². The van der Waals surface area contributed by atoms with Gasteiger partial charge in [0.25, 0.3) is 0 Å². The lowest BCUT2D eigenvalue weighted by molar-refractivity contribution is 0.184. The predicted molar refractivity (Wildman–Crippen MR) is 79.2 cm³/mol. The largest absolute Gasteiger partial charge is 0.329 e. The van der Waals surface area contributed by atoms with Crippen LogP contribution < -0.4 is 5.73 Å². The maximum absolute atomic E-state index is 6.03. The summed E-state index contributed by atoms with van der Waals surface area (Å²) in [6, 6.07) is 4.59. The SMILES string of the molecule is Cc1ccncc1C(CN)N1CCc2sccc2C1.